The SMILES string of the molecule is Cc1cn([C@H]2CC(OP(=O)(O)OC[C@H]3O[C@@](CO)(O[C@H]4O[C@H](CO)[C@@H](O)[C@H](O)[C@H]4O)[C@@H](O)[C@@H]3O)[C@@H](COP(=O)(O)OC3C[C@H](n4cnc5c(=O)[nH]c(N)nc54)O[C@@H]3COP(=O)(O)OC3C[C@H](n4cnc5c(=O)[nH]c(N)nc54)O[C@@H]3COP(=O)(O)OC3C[C@H](n4cnc5c(=O)[nH]c(N)nc54)O[C@@H]3COP(=O)(O)O[C@H]3C[C@H](n4cc(C)c(=O)[nH]c4=O)O[C@@H]3CO)O2)c(=O)[nH]c1=O. The van der Waals surface area contributed by atoms with E-state index in [1.54, 1.807) is 0 Å². The molecule has 0 saturated carbocycles. The van der Waals surface area contributed by atoms with Crippen molar-refractivity contribution in [3.8, 4) is 0 Å². The van der Waals surface area contributed by atoms with Crippen molar-refractivity contribution in [3.63, 3.8) is 0 Å². The zero-order chi connectivity index (χ0) is 92.8. The second-order valence-electron chi connectivity index (χ2n) is 30.2. The van der Waals surface area contributed by atoms with E-state index in [2.05, 4.69) is 49.8 Å². The standard InChI is InChI=1S/C62H84N19O43P5/c1-21-8-77(60(95)75-51(21)90)35-3-23(28(10-82)112-35)120-125(97,98)107-13-31-25(5-37(114-31)79-18-66-40-48(79)69-57(63)72-53(40)92)123-127(101,102)109-15-33-27(7-39(116-33)81-20-68-42-50(81)71-59(65)74-55(42)94)124-128(103,104)110-14-32-26(6-38(115-32)80-19-67-41-49(80)70-58(64)73-54(41)93)122-126(99,100)108-12-30-24(4-36(113-30)78-9-22(2)52(91)76-61(78)96)121-129(105,106)111-16-34-44(86)47(89)62(17-84,118-34)119-56-46(88)45(87)43(85)29(11-83)117-56/h8-9,18-20,23-39,43-47,56,82-89H,3-7,10-17H2,1-2H3,(H,97,98)(H,99,100)(H,101,102)(H,103,104)(H,105,106)(H,75,90,95)(H,76,91,96)(H3,63,69,72,92)(H3,64,70,73,93)(H3,65,71,74,94)/t23-,24?,25?,26?,27?,28+,29+,30+,31+,32+,33+,34+,35+,36+,37+,38+,39+,43+,44+,45-,46+,47-,56+,62-/m0/s1. The van der Waals surface area contributed by atoms with Crippen LogP contribution in [0.5, 0.6) is 0 Å². The molecular weight excluding hydrogens is 1850 g/mol. The predicted molar refractivity (Wildman–Crippen MR) is 414 cm³/mol. The Labute approximate surface area is 715 Å². The van der Waals surface area contributed by atoms with Gasteiger partial charge in [0.25, 0.3) is 27.8 Å². The summed E-state index contributed by atoms with van der Waals surface area (Å²) < 4.78 is 178. The average Bonchev–Trinajstić information content (AvgIpc) is 1.65. The van der Waals surface area contributed by atoms with Gasteiger partial charge >= 0.3 is 50.5 Å². The monoisotopic (exact) mass is 1940 g/mol. The minimum atomic E-state index is -5.74. The Balaban J connectivity index is 0.647. The summed E-state index contributed by atoms with van der Waals surface area (Å²) in [6.07, 6.45) is -38.4. The van der Waals surface area contributed by atoms with Gasteiger partial charge in [-0.25, -0.2) is 47.4 Å². The van der Waals surface area contributed by atoms with E-state index in [-0.39, 0.29) is 51.0 Å². The fourth-order valence-electron chi connectivity index (χ4n) is 15.2. The third-order valence-electron chi connectivity index (χ3n) is 21.5. The summed E-state index contributed by atoms with van der Waals surface area (Å²) in [6, 6.07) is 0. The number of nitrogens with one attached hydrogen (secondary N) is 5. The van der Waals surface area contributed by atoms with Crippen LogP contribution in [0, 0.1) is 13.8 Å². The summed E-state index contributed by atoms with van der Waals surface area (Å²) >= 11 is 0. The quantitative estimate of drug-likeness (QED) is 0.0164. The first-order chi connectivity index (χ1) is 60.8. The Morgan fingerprint density at radius 3 is 1.02 bits per heavy atom. The van der Waals surface area contributed by atoms with Gasteiger partial charge < -0.3 is 120 Å². The molecule has 0 bridgehead atoms. The average molecular weight is 1940 g/mol. The molecule has 15 heterocycles. The van der Waals surface area contributed by atoms with Gasteiger partial charge in [-0.2, -0.15) is 15.0 Å². The van der Waals surface area contributed by atoms with Crippen molar-refractivity contribution in [2.45, 2.75) is 193 Å². The van der Waals surface area contributed by atoms with Gasteiger partial charge in [0.1, 0.15) is 142 Å². The molecule has 15 rings (SSSR count). The van der Waals surface area contributed by atoms with Gasteiger partial charge in [0.15, 0.2) is 39.8 Å². The first kappa shape index (κ1) is 95.3. The van der Waals surface area contributed by atoms with E-state index in [0.29, 0.717) is 0 Å². The number of phosphoric ester groups is 5. The highest BCUT2D eigenvalue weighted by atomic mass is 31.2. The van der Waals surface area contributed by atoms with Crippen LogP contribution in [0.1, 0.15) is 74.4 Å². The number of nitrogens with zero attached hydrogens (tertiary/aromatic N) is 11. The molecule has 24 N–H and O–H groups in total. The summed E-state index contributed by atoms with van der Waals surface area (Å²) in [4.78, 5) is 182. The van der Waals surface area contributed by atoms with Crippen LogP contribution in [0.3, 0.4) is 0 Å². The number of aromatic nitrogens is 16. The van der Waals surface area contributed by atoms with Crippen molar-refractivity contribution < 1.29 is 171 Å². The number of aryl methyl sites for hydroxylation is 2. The molecule has 7 saturated heterocycles. The lowest BCUT2D eigenvalue weighted by Crippen LogP contribution is -2.62. The van der Waals surface area contributed by atoms with Crippen molar-refractivity contribution in [1.29, 1.82) is 0 Å². The number of aliphatic hydroxyl groups is 8. The normalized spacial score (nSPS) is 33.2. The van der Waals surface area contributed by atoms with Gasteiger partial charge in [0.05, 0.1) is 65.2 Å². The fourth-order valence-corrected chi connectivity index (χ4v) is 20.0. The Morgan fingerprint density at radius 2 is 0.705 bits per heavy atom. The minimum absolute atomic E-state index is 0.0752. The molecule has 0 radical (unpaired) electrons. The summed E-state index contributed by atoms with van der Waals surface area (Å²) in [6.45, 7) is -6.35. The van der Waals surface area contributed by atoms with E-state index >= 15 is 0 Å². The number of aliphatic hydroxyl groups excluding tert-OH is 8. The Kier molecular flexibility index (Phi) is 27.6. The molecule has 0 spiro atoms. The van der Waals surface area contributed by atoms with Gasteiger partial charge in [-0.3, -0.25) is 117 Å². The van der Waals surface area contributed by atoms with Crippen LogP contribution in [-0.4, -0.2) is 312 Å². The molecule has 129 heavy (non-hydrogen) atoms. The van der Waals surface area contributed by atoms with Crippen molar-refractivity contribution in [1.82, 2.24) is 77.7 Å². The van der Waals surface area contributed by atoms with Gasteiger partial charge in [-0.15, -0.1) is 0 Å². The van der Waals surface area contributed by atoms with E-state index in [1.807, 2.05) is 4.98 Å². The summed E-state index contributed by atoms with van der Waals surface area (Å²) in [5.41, 5.74) is 9.91. The van der Waals surface area contributed by atoms with E-state index in [4.69, 9.17) is 100 Å². The molecule has 62 nitrogen and oxygen atoms in total. The molecule has 7 fully saturated rings. The maximum Gasteiger partial charge on any atom is 0.472 e. The van der Waals surface area contributed by atoms with Crippen LogP contribution < -0.4 is 56.4 Å². The first-order valence-electron chi connectivity index (χ1n) is 38.4. The molecule has 7 aliphatic heterocycles. The van der Waals surface area contributed by atoms with Crippen LogP contribution in [0.2, 0.25) is 0 Å². The zero-order valence-corrected chi connectivity index (χ0v) is 70.8. The number of nitrogen functional groups attached to an aromatic ring is 3. The maximum absolute atomic E-state index is 14.6. The second-order valence-corrected chi connectivity index (χ2v) is 37.2. The number of fused-ring (bicyclic) bond motifs is 3. The molecule has 8 aromatic rings. The third kappa shape index (κ3) is 20.5. The first-order valence-corrected chi connectivity index (χ1v) is 45.9. The van der Waals surface area contributed by atoms with Crippen LogP contribution in [0.25, 0.3) is 33.5 Å². The molecule has 9 unspecified atom stereocenters. The molecule has 0 aliphatic carbocycles. The Morgan fingerprint density at radius 1 is 0.403 bits per heavy atom. The molecule has 7 aliphatic rings. The van der Waals surface area contributed by atoms with Crippen molar-refractivity contribution in [2.24, 2.45) is 0 Å². The van der Waals surface area contributed by atoms with E-state index in [1.165, 1.54) is 13.8 Å². The predicted octanol–water partition coefficient (Wildman–Crippen LogP) is -7.58. The maximum atomic E-state index is 14.6. The van der Waals surface area contributed by atoms with Crippen LogP contribution >= 0.6 is 39.1 Å². The fraction of sp³-hybridized carbons (Fsp3) is 0.629. The van der Waals surface area contributed by atoms with Gasteiger partial charge in [-0.1, -0.05) is 0 Å². The lowest BCUT2D eigenvalue weighted by atomic mass is 9.99. The number of imidazole rings is 3. The minimum Gasteiger partial charge on any atom is -0.394 e. The van der Waals surface area contributed by atoms with E-state index < -0.39 is 322 Å². The van der Waals surface area contributed by atoms with Gasteiger partial charge in [0.2, 0.25) is 23.6 Å². The second kappa shape index (κ2) is 37.3. The number of aromatic amines is 5. The largest absolute Gasteiger partial charge is 0.472 e. The van der Waals surface area contributed by atoms with Crippen molar-refractivity contribution >= 4 is 90.5 Å². The van der Waals surface area contributed by atoms with Crippen LogP contribution in [0.15, 0.2) is 64.9 Å². The Hall–Kier alpha value is -8.28. The van der Waals surface area contributed by atoms with Gasteiger partial charge in [-0.05, 0) is 13.8 Å². The highest BCUT2D eigenvalue weighted by molar-refractivity contribution is 7.48. The number of hydrogen-bond donors (Lipinski definition) is 21. The van der Waals surface area contributed by atoms with Crippen LogP contribution in [0.4, 0.5) is 17.8 Å². The van der Waals surface area contributed by atoms with Crippen molar-refractivity contribution in [3.05, 3.63) is 115 Å². The number of nitrogens with two attached hydrogens (primary N) is 3. The molecule has 710 valence electrons. The molecule has 67 heteroatoms. The topological polar surface area (TPSA) is 893 Å². The third-order valence-corrected chi connectivity index (χ3v) is 26.6. The summed E-state index contributed by atoms with van der Waals surface area (Å²) in [7, 11) is -28.1. The smallest absolute Gasteiger partial charge is 0.394 e. The highest BCUT2D eigenvalue weighted by Gasteiger charge is 2.60. The van der Waals surface area contributed by atoms with E-state index in [9.17, 15) is 122 Å². The Bertz CT molecular complexity index is 6210. The highest BCUT2D eigenvalue weighted by Crippen LogP contribution is 2.57. The van der Waals surface area contributed by atoms with Gasteiger partial charge in [0, 0.05) is 55.6 Å². The number of phosphoric acid groups is 5. The summed E-state index contributed by atoms with van der Waals surface area (Å²) in [5.74, 6) is -4.05. The molecular formula is C62H84N19O43P5. The number of anilines is 3. The zero-order valence-electron chi connectivity index (χ0n) is 66.3. The summed E-state index contributed by atoms with van der Waals surface area (Å²) in [5, 5.41) is 83.7. The molecule has 8 aromatic heterocycles. The molecule has 29 atom stereocenters. The lowest BCUT2D eigenvalue weighted by molar-refractivity contribution is -0.383. The lowest BCUT2D eigenvalue weighted by Gasteiger charge is -2.43. The number of hydrogen-bond acceptors (Lipinski definition) is 47. The molecule has 0 amide bonds. The van der Waals surface area contributed by atoms with E-state index in [0.717, 1.165) is 54.2 Å². The number of H-pyrrole nitrogens is 5. The molecule has 0 aromatic carbocycles. The van der Waals surface area contributed by atoms with Crippen LogP contribution in [-0.2, 0) is 106 Å². The van der Waals surface area contributed by atoms with Crippen molar-refractivity contribution in [2.75, 3.05) is 70.1 Å². The number of ether oxygens (including phenoxy) is 8. The number of rotatable bonds is 35.